The molecule has 3 aromatic carbocycles. The van der Waals surface area contributed by atoms with E-state index in [9.17, 15) is 14.4 Å². The Balaban J connectivity index is 1.19. The van der Waals surface area contributed by atoms with Crippen molar-refractivity contribution in [3.8, 4) is 11.5 Å². The number of fused-ring (bicyclic) bond motifs is 1. The summed E-state index contributed by atoms with van der Waals surface area (Å²) in [6.07, 6.45) is 3.80. The Morgan fingerprint density at radius 2 is 1.77 bits per heavy atom. The molecule has 0 radical (unpaired) electrons. The summed E-state index contributed by atoms with van der Waals surface area (Å²) in [6.45, 7) is 7.92. The van der Waals surface area contributed by atoms with Gasteiger partial charge in [0.25, 0.3) is 11.8 Å². The van der Waals surface area contributed by atoms with E-state index in [1.54, 1.807) is 36.2 Å². The molecule has 4 aromatic rings. The number of piperazine rings is 1. The number of hydrogen-bond acceptors (Lipinski definition) is 7. The van der Waals surface area contributed by atoms with Gasteiger partial charge in [-0.25, -0.2) is 4.98 Å². The average Bonchev–Trinajstić information content (AvgIpc) is 3.53. The normalized spacial score (nSPS) is 13.4. The van der Waals surface area contributed by atoms with Gasteiger partial charge >= 0.3 is 0 Å². The third-order valence-electron chi connectivity index (χ3n) is 8.77. The second-order valence-electron chi connectivity index (χ2n) is 12.3. The van der Waals surface area contributed by atoms with Crippen molar-refractivity contribution < 1.29 is 23.9 Å². The molecular formula is C37H46N6O5. The third-order valence-corrected chi connectivity index (χ3v) is 8.77. The number of aromatic amines is 1. The molecular weight excluding hydrogens is 608 g/mol. The number of likely N-dealkylation sites (N-methyl/N-ethyl adjacent to an activating group) is 1. The zero-order valence-electron chi connectivity index (χ0n) is 28.6. The van der Waals surface area contributed by atoms with Crippen LogP contribution in [0.5, 0.6) is 11.5 Å². The predicted molar refractivity (Wildman–Crippen MR) is 188 cm³/mol. The number of benzene rings is 3. The first-order valence-electron chi connectivity index (χ1n) is 16.6. The van der Waals surface area contributed by atoms with Crippen LogP contribution in [0.1, 0.15) is 64.7 Å². The Hall–Kier alpha value is -4.90. The maximum atomic E-state index is 13.7. The maximum Gasteiger partial charge on any atom is 0.258 e. The zero-order valence-corrected chi connectivity index (χ0v) is 28.6. The van der Waals surface area contributed by atoms with E-state index in [1.165, 1.54) is 7.11 Å². The van der Waals surface area contributed by atoms with E-state index in [-0.39, 0.29) is 17.7 Å². The fourth-order valence-electron chi connectivity index (χ4n) is 5.82. The molecule has 1 saturated heterocycles. The first-order chi connectivity index (χ1) is 23.2. The smallest absolute Gasteiger partial charge is 0.258 e. The molecule has 0 saturated carbocycles. The van der Waals surface area contributed by atoms with Crippen molar-refractivity contribution in [2.45, 2.75) is 46.0 Å². The van der Waals surface area contributed by atoms with Crippen molar-refractivity contribution in [3.05, 3.63) is 77.1 Å². The largest absolute Gasteiger partial charge is 0.495 e. The number of aromatic nitrogens is 2. The van der Waals surface area contributed by atoms with Crippen LogP contribution in [0.4, 0.5) is 11.4 Å². The second kappa shape index (κ2) is 15.8. The molecule has 3 amide bonds. The van der Waals surface area contributed by atoms with E-state index in [0.29, 0.717) is 52.5 Å². The van der Waals surface area contributed by atoms with Crippen LogP contribution in [-0.2, 0) is 11.2 Å². The minimum atomic E-state index is -0.327. The highest BCUT2D eigenvalue weighted by atomic mass is 16.5. The molecule has 11 nitrogen and oxygen atoms in total. The van der Waals surface area contributed by atoms with Crippen LogP contribution in [-0.4, -0.2) is 91.5 Å². The van der Waals surface area contributed by atoms with Gasteiger partial charge in [0, 0.05) is 51.6 Å². The first-order valence-corrected chi connectivity index (χ1v) is 16.6. The number of H-pyrrole nitrogens is 1. The van der Waals surface area contributed by atoms with Crippen LogP contribution in [0.2, 0.25) is 0 Å². The number of rotatable bonds is 13. The molecule has 1 aliphatic heterocycles. The van der Waals surface area contributed by atoms with Gasteiger partial charge in [-0.3, -0.25) is 14.4 Å². The standard InChI is InChI=1S/C37H46N6O5/c1-6-33-38-29-12-10-11-27(35(29)40-33)36(45)39-28-16-15-26(24-31(28)47-5)37(46)42(4)30-17-14-25(2)23-32(30)48-22-9-7-8-13-34(44)43-20-18-41(3)19-21-43/h10-12,14-17,23-24H,6-9,13,18-22H2,1-5H3,(H,38,40)(H,39,45). The summed E-state index contributed by atoms with van der Waals surface area (Å²) in [5.74, 6) is 1.44. The molecule has 0 atom stereocenters. The Kier molecular flexibility index (Phi) is 11.3. The first kappa shape index (κ1) is 34.4. The van der Waals surface area contributed by atoms with E-state index in [0.717, 1.165) is 68.8 Å². The lowest BCUT2D eigenvalue weighted by Crippen LogP contribution is -2.47. The lowest BCUT2D eigenvalue weighted by molar-refractivity contribution is -0.132. The molecule has 1 aromatic heterocycles. The quantitative estimate of drug-likeness (QED) is 0.178. The van der Waals surface area contributed by atoms with Gasteiger partial charge in [-0.05, 0) is 81.3 Å². The van der Waals surface area contributed by atoms with Gasteiger partial charge in [-0.1, -0.05) is 19.1 Å². The molecule has 0 aliphatic carbocycles. The second-order valence-corrected chi connectivity index (χ2v) is 12.3. The number of nitrogens with zero attached hydrogens (tertiary/aromatic N) is 4. The number of aryl methyl sites for hydroxylation is 2. The number of carbonyl (C=O) groups is 3. The summed E-state index contributed by atoms with van der Waals surface area (Å²) >= 11 is 0. The maximum absolute atomic E-state index is 13.7. The van der Waals surface area contributed by atoms with Crippen LogP contribution in [0.3, 0.4) is 0 Å². The molecule has 2 heterocycles. The molecule has 0 spiro atoms. The van der Waals surface area contributed by atoms with Gasteiger partial charge in [-0.2, -0.15) is 0 Å². The number of ether oxygens (including phenoxy) is 2. The predicted octanol–water partition coefficient (Wildman–Crippen LogP) is 5.68. The van der Waals surface area contributed by atoms with Crippen LogP contribution in [0, 0.1) is 6.92 Å². The highest BCUT2D eigenvalue weighted by Gasteiger charge is 2.22. The Bertz CT molecular complexity index is 1760. The lowest BCUT2D eigenvalue weighted by Gasteiger charge is -2.32. The molecule has 2 N–H and O–H groups in total. The summed E-state index contributed by atoms with van der Waals surface area (Å²) in [6, 6.07) is 16.1. The number of amides is 3. The number of carbonyl (C=O) groups excluding carboxylic acids is 3. The van der Waals surface area contributed by atoms with E-state index >= 15 is 0 Å². The fraction of sp³-hybridized carbons (Fsp3) is 0.405. The van der Waals surface area contributed by atoms with Crippen LogP contribution >= 0.6 is 0 Å². The summed E-state index contributed by atoms with van der Waals surface area (Å²) < 4.78 is 11.8. The lowest BCUT2D eigenvalue weighted by atomic mass is 10.1. The van der Waals surface area contributed by atoms with Crippen LogP contribution in [0.25, 0.3) is 11.0 Å². The summed E-state index contributed by atoms with van der Waals surface area (Å²) in [5.41, 5.74) is 4.34. The van der Waals surface area contributed by atoms with Crippen LogP contribution in [0.15, 0.2) is 54.6 Å². The van der Waals surface area contributed by atoms with Gasteiger partial charge in [0.2, 0.25) is 5.91 Å². The molecule has 0 unspecified atom stereocenters. The van der Waals surface area contributed by atoms with E-state index in [1.807, 2.05) is 49.1 Å². The minimum absolute atomic E-state index is 0.231. The zero-order chi connectivity index (χ0) is 34.2. The summed E-state index contributed by atoms with van der Waals surface area (Å²) in [4.78, 5) is 53.1. The van der Waals surface area contributed by atoms with Gasteiger partial charge in [0.1, 0.15) is 22.8 Å². The topological polar surface area (TPSA) is 120 Å². The van der Waals surface area contributed by atoms with Crippen molar-refractivity contribution >= 4 is 40.1 Å². The van der Waals surface area contributed by atoms with Crippen molar-refractivity contribution in [3.63, 3.8) is 0 Å². The van der Waals surface area contributed by atoms with Crippen LogP contribution < -0.4 is 19.7 Å². The average molecular weight is 655 g/mol. The highest BCUT2D eigenvalue weighted by molar-refractivity contribution is 6.12. The fourth-order valence-corrected chi connectivity index (χ4v) is 5.82. The van der Waals surface area contributed by atoms with Crippen molar-refractivity contribution in [2.24, 2.45) is 0 Å². The number of imidazole rings is 1. The minimum Gasteiger partial charge on any atom is -0.495 e. The number of unbranched alkanes of at least 4 members (excludes halogenated alkanes) is 2. The molecule has 11 heteroatoms. The molecule has 254 valence electrons. The monoisotopic (exact) mass is 654 g/mol. The number of nitrogens with one attached hydrogen (secondary N) is 2. The van der Waals surface area contributed by atoms with E-state index in [4.69, 9.17) is 9.47 Å². The molecule has 48 heavy (non-hydrogen) atoms. The van der Waals surface area contributed by atoms with Gasteiger partial charge in [-0.15, -0.1) is 0 Å². The Morgan fingerprint density at radius 1 is 0.979 bits per heavy atom. The number of para-hydroxylation sites is 1. The number of methoxy groups -OCH3 is 1. The van der Waals surface area contributed by atoms with Crippen molar-refractivity contribution in [1.29, 1.82) is 0 Å². The highest BCUT2D eigenvalue weighted by Crippen LogP contribution is 2.32. The van der Waals surface area contributed by atoms with Gasteiger partial charge < -0.3 is 34.5 Å². The number of anilines is 2. The van der Waals surface area contributed by atoms with E-state index < -0.39 is 0 Å². The molecule has 0 bridgehead atoms. The van der Waals surface area contributed by atoms with Crippen molar-refractivity contribution in [1.82, 2.24) is 19.8 Å². The van der Waals surface area contributed by atoms with E-state index in [2.05, 4.69) is 27.2 Å². The summed E-state index contributed by atoms with van der Waals surface area (Å²) in [5, 5.41) is 2.92. The SMILES string of the molecule is CCc1nc2c(C(=O)Nc3ccc(C(=O)N(C)c4ccc(C)cc4OCCCCCC(=O)N4CCN(C)CC4)cc3OC)cccc2[nH]1. The molecule has 1 fully saturated rings. The Labute approximate surface area is 282 Å². The van der Waals surface area contributed by atoms with Gasteiger partial charge in [0.05, 0.1) is 36.2 Å². The van der Waals surface area contributed by atoms with Gasteiger partial charge in [0.15, 0.2) is 0 Å². The molecule has 1 aliphatic rings. The third kappa shape index (κ3) is 8.14. The molecule has 5 rings (SSSR count). The Morgan fingerprint density at radius 3 is 2.52 bits per heavy atom. The van der Waals surface area contributed by atoms with Crippen molar-refractivity contribution in [2.75, 3.05) is 64.2 Å². The number of hydrogen-bond donors (Lipinski definition) is 2. The summed E-state index contributed by atoms with van der Waals surface area (Å²) in [7, 11) is 5.29.